The van der Waals surface area contributed by atoms with E-state index in [4.69, 9.17) is 0 Å². The SMILES string of the molecule is CNC(C)c1cccc(S(=O)(=O)Nc2ccc(C)nc2)c1. The maximum Gasteiger partial charge on any atom is 0.261 e. The summed E-state index contributed by atoms with van der Waals surface area (Å²) in [5.74, 6) is 0. The molecule has 1 unspecified atom stereocenters. The van der Waals surface area contributed by atoms with Gasteiger partial charge in [-0.15, -0.1) is 0 Å². The average Bonchev–Trinajstić information content (AvgIpc) is 2.49. The predicted molar refractivity (Wildman–Crippen MR) is 83.7 cm³/mol. The molecule has 0 fully saturated rings. The van der Waals surface area contributed by atoms with Gasteiger partial charge in [-0.2, -0.15) is 0 Å². The Morgan fingerprint density at radius 3 is 2.57 bits per heavy atom. The van der Waals surface area contributed by atoms with Crippen molar-refractivity contribution in [2.45, 2.75) is 24.8 Å². The van der Waals surface area contributed by atoms with Crippen LogP contribution in [0.5, 0.6) is 0 Å². The van der Waals surface area contributed by atoms with Crippen LogP contribution < -0.4 is 10.0 Å². The molecule has 1 aromatic heterocycles. The lowest BCUT2D eigenvalue weighted by Crippen LogP contribution is -2.16. The average molecular weight is 305 g/mol. The minimum absolute atomic E-state index is 0.0844. The van der Waals surface area contributed by atoms with E-state index < -0.39 is 10.0 Å². The standard InChI is InChI=1S/C15H19N3O2S/c1-11-7-8-14(10-17-11)18-21(19,20)15-6-4-5-13(9-15)12(2)16-3/h4-10,12,16,18H,1-3H3. The first-order valence-corrected chi connectivity index (χ1v) is 8.13. The summed E-state index contributed by atoms with van der Waals surface area (Å²) in [5.41, 5.74) is 2.21. The molecule has 1 aromatic carbocycles. The number of nitrogens with one attached hydrogen (secondary N) is 2. The number of aromatic nitrogens is 1. The van der Waals surface area contributed by atoms with Gasteiger partial charge < -0.3 is 5.32 Å². The normalized spacial score (nSPS) is 12.9. The van der Waals surface area contributed by atoms with Crippen molar-refractivity contribution in [2.75, 3.05) is 11.8 Å². The molecule has 0 aliphatic carbocycles. The summed E-state index contributed by atoms with van der Waals surface area (Å²) < 4.78 is 27.3. The zero-order valence-corrected chi connectivity index (χ0v) is 13.1. The van der Waals surface area contributed by atoms with E-state index in [1.54, 1.807) is 30.3 Å². The number of hydrogen-bond donors (Lipinski definition) is 2. The van der Waals surface area contributed by atoms with Gasteiger partial charge in [-0.25, -0.2) is 8.42 Å². The summed E-state index contributed by atoms with van der Waals surface area (Å²) in [4.78, 5) is 4.32. The fourth-order valence-corrected chi connectivity index (χ4v) is 2.96. The third kappa shape index (κ3) is 3.80. The van der Waals surface area contributed by atoms with Crippen LogP contribution >= 0.6 is 0 Å². The molecule has 112 valence electrons. The van der Waals surface area contributed by atoms with E-state index in [-0.39, 0.29) is 10.9 Å². The van der Waals surface area contributed by atoms with Crippen LogP contribution in [0.2, 0.25) is 0 Å². The molecule has 2 aromatic rings. The van der Waals surface area contributed by atoms with Crippen molar-refractivity contribution < 1.29 is 8.42 Å². The number of pyridine rings is 1. The summed E-state index contributed by atoms with van der Waals surface area (Å²) in [6.45, 7) is 3.82. The van der Waals surface area contributed by atoms with Crippen LogP contribution in [0.15, 0.2) is 47.5 Å². The maximum atomic E-state index is 12.4. The largest absolute Gasteiger partial charge is 0.313 e. The van der Waals surface area contributed by atoms with Crippen LogP contribution in [0.4, 0.5) is 5.69 Å². The zero-order valence-electron chi connectivity index (χ0n) is 12.3. The van der Waals surface area contributed by atoms with Crippen molar-refractivity contribution in [3.8, 4) is 0 Å². The highest BCUT2D eigenvalue weighted by Crippen LogP contribution is 2.19. The second kappa shape index (κ2) is 6.24. The maximum absolute atomic E-state index is 12.4. The lowest BCUT2D eigenvalue weighted by molar-refractivity contribution is 0.600. The van der Waals surface area contributed by atoms with Gasteiger partial charge >= 0.3 is 0 Å². The van der Waals surface area contributed by atoms with Crippen LogP contribution in [0, 0.1) is 6.92 Å². The molecular weight excluding hydrogens is 286 g/mol. The lowest BCUT2D eigenvalue weighted by Gasteiger charge is -2.13. The van der Waals surface area contributed by atoms with Gasteiger partial charge in [-0.05, 0) is 50.7 Å². The third-order valence-corrected chi connectivity index (χ3v) is 4.64. The van der Waals surface area contributed by atoms with Crippen LogP contribution in [-0.2, 0) is 10.0 Å². The van der Waals surface area contributed by atoms with Crippen molar-refractivity contribution in [2.24, 2.45) is 0 Å². The first-order chi connectivity index (χ1) is 9.92. The van der Waals surface area contributed by atoms with Gasteiger partial charge in [0.15, 0.2) is 0 Å². The first-order valence-electron chi connectivity index (χ1n) is 6.65. The monoisotopic (exact) mass is 305 g/mol. The molecule has 6 heteroatoms. The van der Waals surface area contributed by atoms with Crippen LogP contribution in [0.3, 0.4) is 0 Å². The predicted octanol–water partition coefficient (Wildman–Crippen LogP) is 2.47. The Morgan fingerprint density at radius 1 is 1.19 bits per heavy atom. The van der Waals surface area contributed by atoms with E-state index in [1.807, 2.05) is 27.0 Å². The molecule has 2 rings (SSSR count). The molecule has 0 saturated heterocycles. The summed E-state index contributed by atoms with van der Waals surface area (Å²) in [7, 11) is -1.77. The summed E-state index contributed by atoms with van der Waals surface area (Å²) in [6.07, 6.45) is 1.51. The molecule has 2 N–H and O–H groups in total. The Balaban J connectivity index is 2.29. The fraction of sp³-hybridized carbons (Fsp3) is 0.267. The molecule has 0 aliphatic rings. The van der Waals surface area contributed by atoms with Crippen LogP contribution in [-0.4, -0.2) is 20.4 Å². The van der Waals surface area contributed by atoms with Crippen molar-refractivity contribution in [3.63, 3.8) is 0 Å². The molecular formula is C15H19N3O2S. The van der Waals surface area contributed by atoms with Gasteiger partial charge in [-0.3, -0.25) is 9.71 Å². The fourth-order valence-electron chi connectivity index (χ4n) is 1.86. The Hall–Kier alpha value is -1.92. The lowest BCUT2D eigenvalue weighted by atomic mass is 10.1. The highest BCUT2D eigenvalue weighted by atomic mass is 32.2. The number of benzene rings is 1. The van der Waals surface area contributed by atoms with E-state index in [1.165, 1.54) is 6.20 Å². The minimum atomic E-state index is -3.61. The molecule has 5 nitrogen and oxygen atoms in total. The Kier molecular flexibility index (Phi) is 4.59. The zero-order chi connectivity index (χ0) is 15.5. The smallest absolute Gasteiger partial charge is 0.261 e. The van der Waals surface area contributed by atoms with Gasteiger partial charge in [0.2, 0.25) is 0 Å². The number of hydrogen-bond acceptors (Lipinski definition) is 4. The quantitative estimate of drug-likeness (QED) is 0.890. The molecule has 21 heavy (non-hydrogen) atoms. The summed E-state index contributed by atoms with van der Waals surface area (Å²) in [6, 6.07) is 10.4. The Bertz CT molecular complexity index is 712. The number of anilines is 1. The molecule has 1 atom stereocenters. The van der Waals surface area contributed by atoms with E-state index in [0.717, 1.165) is 11.3 Å². The number of sulfonamides is 1. The molecule has 0 saturated carbocycles. The van der Waals surface area contributed by atoms with E-state index in [0.29, 0.717) is 5.69 Å². The molecule has 1 heterocycles. The van der Waals surface area contributed by atoms with Crippen molar-refractivity contribution in [3.05, 3.63) is 53.9 Å². The second-order valence-corrected chi connectivity index (χ2v) is 6.56. The van der Waals surface area contributed by atoms with E-state index >= 15 is 0 Å². The minimum Gasteiger partial charge on any atom is -0.313 e. The molecule has 0 spiro atoms. The number of nitrogens with zero attached hydrogens (tertiary/aromatic N) is 1. The second-order valence-electron chi connectivity index (χ2n) is 4.88. The number of rotatable bonds is 5. The highest BCUT2D eigenvalue weighted by Gasteiger charge is 2.15. The Labute approximate surface area is 125 Å². The topological polar surface area (TPSA) is 71.1 Å². The van der Waals surface area contributed by atoms with Gasteiger partial charge in [0.25, 0.3) is 10.0 Å². The van der Waals surface area contributed by atoms with Crippen molar-refractivity contribution in [1.82, 2.24) is 10.3 Å². The Morgan fingerprint density at radius 2 is 1.95 bits per heavy atom. The highest BCUT2D eigenvalue weighted by molar-refractivity contribution is 7.92. The summed E-state index contributed by atoms with van der Waals surface area (Å²) in [5, 5.41) is 3.09. The van der Waals surface area contributed by atoms with Gasteiger partial charge in [0, 0.05) is 11.7 Å². The van der Waals surface area contributed by atoms with Gasteiger partial charge in [-0.1, -0.05) is 12.1 Å². The summed E-state index contributed by atoms with van der Waals surface area (Å²) >= 11 is 0. The first kappa shape index (κ1) is 15.5. The van der Waals surface area contributed by atoms with Crippen LogP contribution in [0.25, 0.3) is 0 Å². The molecule has 0 radical (unpaired) electrons. The third-order valence-electron chi connectivity index (χ3n) is 3.26. The van der Waals surface area contributed by atoms with Crippen LogP contribution in [0.1, 0.15) is 24.2 Å². The molecule has 0 bridgehead atoms. The van der Waals surface area contributed by atoms with Gasteiger partial charge in [0.1, 0.15) is 0 Å². The molecule has 0 aliphatic heterocycles. The molecule has 0 amide bonds. The van der Waals surface area contributed by atoms with Crippen molar-refractivity contribution >= 4 is 15.7 Å². The van der Waals surface area contributed by atoms with E-state index in [9.17, 15) is 8.42 Å². The van der Waals surface area contributed by atoms with Gasteiger partial charge in [0.05, 0.1) is 16.8 Å². The van der Waals surface area contributed by atoms with Crippen molar-refractivity contribution in [1.29, 1.82) is 0 Å². The van der Waals surface area contributed by atoms with E-state index in [2.05, 4.69) is 15.0 Å². The number of aryl methyl sites for hydroxylation is 1.